The van der Waals surface area contributed by atoms with E-state index in [0.29, 0.717) is 23.7 Å². The molecule has 0 saturated carbocycles. The molecule has 0 radical (unpaired) electrons. The quantitative estimate of drug-likeness (QED) is 0.404. The summed E-state index contributed by atoms with van der Waals surface area (Å²) in [5.74, 6) is -0.402. The zero-order valence-corrected chi connectivity index (χ0v) is 21.1. The standard InChI is InChI=1S/C25H28N2O5S2.K.H/c1-16(2)13-27(34(30,31)25-26-17(3)15-33-25)22-11-20-5-4-6-21(20)12-23(22)32-14-18-7-9-19(10-8-18)24(28)29;;/h7-12,15-16H,4-6,13-14H2,1-3H3,(H,28,29);;. The molecule has 0 saturated heterocycles. The van der Waals surface area contributed by atoms with E-state index in [1.165, 1.54) is 22.0 Å². The van der Waals surface area contributed by atoms with Gasteiger partial charge < -0.3 is 9.84 Å². The van der Waals surface area contributed by atoms with Crippen LogP contribution in [-0.2, 0) is 29.5 Å². The topological polar surface area (TPSA) is 96.8 Å². The van der Waals surface area contributed by atoms with E-state index in [9.17, 15) is 13.2 Å². The van der Waals surface area contributed by atoms with Crippen LogP contribution in [0.15, 0.2) is 46.1 Å². The Hall–Kier alpha value is -1.27. The van der Waals surface area contributed by atoms with Crippen LogP contribution in [0.4, 0.5) is 5.69 Å². The van der Waals surface area contributed by atoms with Gasteiger partial charge in [0, 0.05) is 17.6 Å². The number of hydrogen-bond acceptors (Lipinski definition) is 6. The maximum atomic E-state index is 13.7. The molecule has 1 N–H and O–H groups in total. The predicted octanol–water partition coefficient (Wildman–Crippen LogP) is 4.42. The molecule has 3 aromatic rings. The van der Waals surface area contributed by atoms with Gasteiger partial charge in [0.1, 0.15) is 12.4 Å². The van der Waals surface area contributed by atoms with Crippen molar-refractivity contribution in [3.05, 3.63) is 69.7 Å². The number of hydrogen-bond donors (Lipinski definition) is 1. The average molecular weight is 541 g/mol. The van der Waals surface area contributed by atoms with Crippen LogP contribution in [0.2, 0.25) is 0 Å². The fourth-order valence-corrected chi connectivity index (χ4v) is 6.77. The van der Waals surface area contributed by atoms with Crippen molar-refractivity contribution in [3.63, 3.8) is 0 Å². The third kappa shape index (κ3) is 6.54. The number of benzene rings is 2. The van der Waals surface area contributed by atoms with Crippen molar-refractivity contribution >= 4 is 84.4 Å². The van der Waals surface area contributed by atoms with Crippen LogP contribution in [0.1, 0.15) is 53.0 Å². The molecule has 2 aromatic carbocycles. The van der Waals surface area contributed by atoms with Gasteiger partial charge in [-0.3, -0.25) is 4.31 Å². The summed E-state index contributed by atoms with van der Waals surface area (Å²) in [6.07, 6.45) is 2.87. The number of thiazole rings is 1. The molecule has 35 heavy (non-hydrogen) atoms. The first-order valence-electron chi connectivity index (χ1n) is 11.2. The van der Waals surface area contributed by atoms with E-state index in [4.69, 9.17) is 9.84 Å². The van der Waals surface area contributed by atoms with Crippen LogP contribution >= 0.6 is 11.3 Å². The molecule has 182 valence electrons. The monoisotopic (exact) mass is 540 g/mol. The SMILES string of the molecule is Cc1csc(S(=O)(=O)N(CC(C)C)c2cc3c(cc2OCc2ccc(C(=O)O)cc2)CCC3)n1.[KH]. The van der Waals surface area contributed by atoms with Crippen LogP contribution in [0.5, 0.6) is 5.75 Å². The zero-order valence-electron chi connectivity index (χ0n) is 19.4. The van der Waals surface area contributed by atoms with E-state index in [0.717, 1.165) is 41.7 Å². The van der Waals surface area contributed by atoms with Crippen molar-refractivity contribution in [2.45, 2.75) is 51.0 Å². The number of rotatable bonds is 9. The molecular formula is C25H29KN2O5S2. The van der Waals surface area contributed by atoms with E-state index in [-0.39, 0.29) is 73.8 Å². The molecule has 0 unspecified atom stereocenters. The summed E-state index contributed by atoms with van der Waals surface area (Å²) >= 11 is 1.12. The fourth-order valence-electron chi connectivity index (χ4n) is 4.01. The number of ether oxygens (including phenoxy) is 1. The van der Waals surface area contributed by atoms with Gasteiger partial charge in [0.2, 0.25) is 4.34 Å². The molecule has 10 heteroatoms. The molecule has 1 aromatic heterocycles. The van der Waals surface area contributed by atoms with Crippen molar-refractivity contribution < 1.29 is 23.1 Å². The van der Waals surface area contributed by atoms with Gasteiger partial charge in [-0.25, -0.2) is 9.78 Å². The van der Waals surface area contributed by atoms with E-state index in [1.807, 2.05) is 26.0 Å². The number of sulfonamides is 1. The second-order valence-electron chi connectivity index (χ2n) is 8.92. The van der Waals surface area contributed by atoms with E-state index in [2.05, 4.69) is 4.98 Å². The van der Waals surface area contributed by atoms with Gasteiger partial charge in [0.25, 0.3) is 10.0 Å². The Labute approximate surface area is 253 Å². The molecule has 0 fully saturated rings. The zero-order chi connectivity index (χ0) is 24.5. The summed E-state index contributed by atoms with van der Waals surface area (Å²) in [7, 11) is -3.87. The van der Waals surface area contributed by atoms with Gasteiger partial charge in [-0.1, -0.05) is 26.0 Å². The van der Waals surface area contributed by atoms with Crippen LogP contribution in [0, 0.1) is 12.8 Å². The summed E-state index contributed by atoms with van der Waals surface area (Å²) in [4.78, 5) is 15.4. The number of carboxylic acid groups (broad SMARTS) is 1. The number of aromatic carboxylic acids is 1. The third-order valence-corrected chi connectivity index (χ3v) is 8.81. The summed E-state index contributed by atoms with van der Waals surface area (Å²) in [5.41, 5.74) is 4.51. The Bertz CT molecular complexity index is 1300. The molecule has 1 aliphatic carbocycles. The summed E-state index contributed by atoms with van der Waals surface area (Å²) in [6, 6.07) is 10.4. The number of nitrogens with zero attached hydrogens (tertiary/aromatic N) is 2. The number of fused-ring (bicyclic) bond motifs is 1. The Morgan fingerprint density at radius 2 is 1.83 bits per heavy atom. The first kappa shape index (κ1) is 28.3. The molecule has 0 bridgehead atoms. The summed E-state index contributed by atoms with van der Waals surface area (Å²) in [6.45, 7) is 6.23. The first-order chi connectivity index (χ1) is 16.1. The summed E-state index contributed by atoms with van der Waals surface area (Å²) in [5, 5.41) is 10.9. The van der Waals surface area contributed by atoms with Gasteiger partial charge in [-0.15, -0.1) is 11.3 Å². The second-order valence-corrected chi connectivity index (χ2v) is 11.8. The Kier molecular flexibility index (Phi) is 9.58. The Balaban J connectivity index is 0.00000342. The fraction of sp³-hybridized carbons (Fsp3) is 0.360. The molecule has 0 aliphatic heterocycles. The Morgan fingerprint density at radius 1 is 1.17 bits per heavy atom. The molecular weight excluding hydrogens is 512 g/mol. The van der Waals surface area contributed by atoms with Crippen LogP contribution < -0.4 is 9.04 Å². The predicted molar refractivity (Wildman–Crippen MR) is 140 cm³/mol. The summed E-state index contributed by atoms with van der Waals surface area (Å²) < 4.78 is 35.0. The normalized spacial score (nSPS) is 12.8. The van der Waals surface area contributed by atoms with Crippen LogP contribution in [0.25, 0.3) is 0 Å². The van der Waals surface area contributed by atoms with E-state index >= 15 is 0 Å². The Morgan fingerprint density at radius 3 is 2.40 bits per heavy atom. The average Bonchev–Trinajstić information content (AvgIpc) is 3.44. The van der Waals surface area contributed by atoms with Crippen molar-refractivity contribution in [1.29, 1.82) is 0 Å². The first-order valence-corrected chi connectivity index (χ1v) is 13.5. The van der Waals surface area contributed by atoms with Gasteiger partial charge >= 0.3 is 57.4 Å². The molecule has 0 spiro atoms. The number of anilines is 1. The molecule has 0 amide bonds. The molecule has 0 atom stereocenters. The van der Waals surface area contributed by atoms with Crippen molar-refractivity contribution in [2.24, 2.45) is 5.92 Å². The second kappa shape index (κ2) is 11.8. The minimum absolute atomic E-state index is 0. The molecule has 4 rings (SSSR count). The number of aryl methyl sites for hydroxylation is 3. The van der Waals surface area contributed by atoms with Gasteiger partial charge in [-0.05, 0) is 73.1 Å². The van der Waals surface area contributed by atoms with Crippen LogP contribution in [0.3, 0.4) is 0 Å². The number of carboxylic acids is 1. The van der Waals surface area contributed by atoms with E-state index in [1.54, 1.807) is 24.4 Å². The van der Waals surface area contributed by atoms with Gasteiger partial charge in [0.05, 0.1) is 11.3 Å². The van der Waals surface area contributed by atoms with Gasteiger partial charge in [-0.2, -0.15) is 8.42 Å². The third-order valence-electron chi connectivity index (χ3n) is 5.68. The molecule has 1 aliphatic rings. The van der Waals surface area contributed by atoms with Crippen LogP contribution in [-0.4, -0.2) is 82.4 Å². The molecule has 1 heterocycles. The van der Waals surface area contributed by atoms with Crippen molar-refractivity contribution in [3.8, 4) is 5.75 Å². The van der Waals surface area contributed by atoms with Gasteiger partial charge in [0.15, 0.2) is 0 Å². The number of carbonyl (C=O) groups is 1. The van der Waals surface area contributed by atoms with Crippen molar-refractivity contribution in [1.82, 2.24) is 4.98 Å². The van der Waals surface area contributed by atoms with Crippen molar-refractivity contribution in [2.75, 3.05) is 10.8 Å². The minimum atomic E-state index is -3.87. The number of aromatic nitrogens is 1. The van der Waals surface area contributed by atoms with E-state index < -0.39 is 16.0 Å². The molecule has 7 nitrogen and oxygen atoms in total. The maximum absolute atomic E-state index is 13.7.